The predicted octanol–water partition coefficient (Wildman–Crippen LogP) is 3.98. The molecule has 1 heterocycles. The van der Waals surface area contributed by atoms with Crippen molar-refractivity contribution < 1.29 is 32.2 Å². The number of carboxylic acids is 1. The Morgan fingerprint density at radius 1 is 1.18 bits per heavy atom. The standard InChI is InChI=1S/C19H13F4NO4/c1-28-15-3-2-9(6-13(15)19(21,22)23)4-10-5-11-16(14(20)7-10)24-8-12(17(11)25)18(26)27/h2-3,5-8H,4H2,1H3,(H,24,25)(H,26,27). The highest BCUT2D eigenvalue weighted by molar-refractivity contribution is 5.92. The van der Waals surface area contributed by atoms with Gasteiger partial charge in [-0.05, 0) is 41.8 Å². The molecule has 146 valence electrons. The molecule has 5 nitrogen and oxygen atoms in total. The molecule has 0 radical (unpaired) electrons. The summed E-state index contributed by atoms with van der Waals surface area (Å²) in [6, 6.07) is 5.79. The number of carboxylic acid groups (broad SMARTS) is 1. The van der Waals surface area contributed by atoms with Crippen LogP contribution in [0.4, 0.5) is 17.6 Å². The van der Waals surface area contributed by atoms with Gasteiger partial charge in [0, 0.05) is 11.6 Å². The first kappa shape index (κ1) is 19.4. The molecule has 0 spiro atoms. The molecule has 0 bridgehead atoms. The summed E-state index contributed by atoms with van der Waals surface area (Å²) in [7, 11) is 1.12. The Hall–Kier alpha value is -3.36. The number of methoxy groups -OCH3 is 1. The van der Waals surface area contributed by atoms with Crippen LogP contribution in [-0.4, -0.2) is 23.2 Å². The van der Waals surface area contributed by atoms with Crippen LogP contribution in [0.1, 0.15) is 27.0 Å². The predicted molar refractivity (Wildman–Crippen MR) is 92.3 cm³/mol. The second-order valence-corrected chi connectivity index (χ2v) is 6.05. The lowest BCUT2D eigenvalue weighted by Gasteiger charge is -2.14. The van der Waals surface area contributed by atoms with Crippen LogP contribution in [0.3, 0.4) is 0 Å². The molecule has 0 saturated carbocycles. The van der Waals surface area contributed by atoms with Gasteiger partial charge in [-0.25, -0.2) is 9.18 Å². The zero-order valence-electron chi connectivity index (χ0n) is 14.4. The number of aromatic amines is 1. The van der Waals surface area contributed by atoms with Crippen molar-refractivity contribution in [3.63, 3.8) is 0 Å². The molecule has 0 aliphatic rings. The number of aromatic nitrogens is 1. The molecule has 9 heteroatoms. The lowest BCUT2D eigenvalue weighted by atomic mass is 9.99. The number of pyridine rings is 1. The van der Waals surface area contributed by atoms with E-state index in [1.807, 2.05) is 0 Å². The number of carbonyl (C=O) groups is 1. The summed E-state index contributed by atoms with van der Waals surface area (Å²) in [4.78, 5) is 25.8. The van der Waals surface area contributed by atoms with Crippen molar-refractivity contribution in [2.75, 3.05) is 7.11 Å². The van der Waals surface area contributed by atoms with E-state index in [2.05, 4.69) is 4.98 Å². The van der Waals surface area contributed by atoms with Crippen LogP contribution in [0.15, 0.2) is 41.3 Å². The third-order valence-corrected chi connectivity index (χ3v) is 4.21. The van der Waals surface area contributed by atoms with Crippen molar-refractivity contribution >= 4 is 16.9 Å². The van der Waals surface area contributed by atoms with Crippen LogP contribution in [0.5, 0.6) is 5.75 Å². The Morgan fingerprint density at radius 2 is 1.89 bits per heavy atom. The fourth-order valence-corrected chi connectivity index (χ4v) is 2.93. The maximum absolute atomic E-state index is 14.3. The normalized spacial score (nSPS) is 11.6. The Balaban J connectivity index is 2.09. The average Bonchev–Trinajstić information content (AvgIpc) is 2.61. The van der Waals surface area contributed by atoms with Gasteiger partial charge in [0.1, 0.15) is 17.1 Å². The number of H-pyrrole nitrogens is 1. The zero-order chi connectivity index (χ0) is 20.6. The lowest BCUT2D eigenvalue weighted by molar-refractivity contribution is -0.138. The second kappa shape index (κ2) is 6.99. The summed E-state index contributed by atoms with van der Waals surface area (Å²) < 4.78 is 58.5. The number of ether oxygens (including phenoxy) is 1. The number of aromatic carboxylic acids is 1. The third-order valence-electron chi connectivity index (χ3n) is 4.21. The van der Waals surface area contributed by atoms with E-state index in [-0.39, 0.29) is 34.2 Å². The summed E-state index contributed by atoms with van der Waals surface area (Å²) >= 11 is 0. The first-order chi connectivity index (χ1) is 13.1. The minimum absolute atomic E-state index is 0.101. The molecule has 0 aliphatic carbocycles. The lowest BCUT2D eigenvalue weighted by Crippen LogP contribution is -2.16. The Bertz CT molecular complexity index is 1140. The maximum Gasteiger partial charge on any atom is 0.419 e. The zero-order valence-corrected chi connectivity index (χ0v) is 14.4. The molecule has 3 rings (SSSR count). The summed E-state index contributed by atoms with van der Waals surface area (Å²) in [5.41, 5.74) is -2.15. The molecule has 0 saturated heterocycles. The quantitative estimate of drug-likeness (QED) is 0.655. The van der Waals surface area contributed by atoms with Crippen LogP contribution in [0.25, 0.3) is 10.9 Å². The van der Waals surface area contributed by atoms with Crippen LogP contribution in [0, 0.1) is 5.82 Å². The minimum Gasteiger partial charge on any atom is -0.496 e. The third kappa shape index (κ3) is 3.55. The van der Waals surface area contributed by atoms with Gasteiger partial charge in [-0.1, -0.05) is 6.07 Å². The van der Waals surface area contributed by atoms with Gasteiger partial charge in [-0.2, -0.15) is 13.2 Å². The highest BCUT2D eigenvalue weighted by Gasteiger charge is 2.34. The molecule has 0 fully saturated rings. The number of nitrogens with one attached hydrogen (secondary N) is 1. The van der Waals surface area contributed by atoms with E-state index in [1.54, 1.807) is 0 Å². The number of benzene rings is 2. The van der Waals surface area contributed by atoms with E-state index < -0.39 is 34.5 Å². The van der Waals surface area contributed by atoms with Gasteiger partial charge in [-0.3, -0.25) is 4.79 Å². The summed E-state index contributed by atoms with van der Waals surface area (Å²) in [6.45, 7) is 0. The fourth-order valence-electron chi connectivity index (χ4n) is 2.93. The minimum atomic E-state index is -4.64. The fraction of sp³-hybridized carbons (Fsp3) is 0.158. The molecule has 1 aromatic heterocycles. The first-order valence-corrected chi connectivity index (χ1v) is 7.93. The van der Waals surface area contributed by atoms with Crippen LogP contribution in [-0.2, 0) is 12.6 Å². The van der Waals surface area contributed by atoms with Gasteiger partial charge < -0.3 is 14.8 Å². The topological polar surface area (TPSA) is 79.4 Å². The van der Waals surface area contributed by atoms with Crippen molar-refractivity contribution in [3.8, 4) is 5.75 Å². The Labute approximate surface area is 155 Å². The van der Waals surface area contributed by atoms with Gasteiger partial charge in [-0.15, -0.1) is 0 Å². The summed E-state index contributed by atoms with van der Waals surface area (Å²) in [5, 5.41) is 8.83. The number of hydrogen-bond acceptors (Lipinski definition) is 3. The Kier molecular flexibility index (Phi) is 4.84. The smallest absolute Gasteiger partial charge is 0.419 e. The van der Waals surface area contributed by atoms with E-state index in [4.69, 9.17) is 9.84 Å². The number of alkyl halides is 3. The molecule has 28 heavy (non-hydrogen) atoms. The van der Waals surface area contributed by atoms with E-state index >= 15 is 0 Å². The average molecular weight is 395 g/mol. The summed E-state index contributed by atoms with van der Waals surface area (Å²) in [6.07, 6.45) is -3.84. The van der Waals surface area contributed by atoms with Gasteiger partial charge in [0.2, 0.25) is 5.43 Å². The second-order valence-electron chi connectivity index (χ2n) is 6.05. The molecule has 0 atom stereocenters. The van der Waals surface area contributed by atoms with Crippen molar-refractivity contribution in [3.05, 3.63) is 74.8 Å². The number of halogens is 4. The monoisotopic (exact) mass is 395 g/mol. The highest BCUT2D eigenvalue weighted by atomic mass is 19.4. The van der Waals surface area contributed by atoms with Crippen molar-refractivity contribution in [1.29, 1.82) is 0 Å². The van der Waals surface area contributed by atoms with Crippen LogP contribution in [0.2, 0.25) is 0 Å². The molecule has 2 N–H and O–H groups in total. The van der Waals surface area contributed by atoms with E-state index in [1.165, 1.54) is 12.1 Å². The molecular formula is C19H13F4NO4. The van der Waals surface area contributed by atoms with Crippen LogP contribution >= 0.6 is 0 Å². The molecule has 0 unspecified atom stereocenters. The maximum atomic E-state index is 14.3. The van der Waals surface area contributed by atoms with Crippen molar-refractivity contribution in [1.82, 2.24) is 4.98 Å². The largest absolute Gasteiger partial charge is 0.496 e. The Morgan fingerprint density at radius 3 is 2.50 bits per heavy atom. The number of hydrogen-bond donors (Lipinski definition) is 2. The summed E-state index contributed by atoms with van der Waals surface area (Å²) in [5.74, 6) is -2.63. The van der Waals surface area contributed by atoms with E-state index in [9.17, 15) is 27.2 Å². The SMILES string of the molecule is COc1ccc(Cc2cc(F)c3[nH]cc(C(=O)O)c(=O)c3c2)cc1C(F)(F)F. The molecule has 0 aliphatic heterocycles. The van der Waals surface area contributed by atoms with Gasteiger partial charge in [0.25, 0.3) is 0 Å². The van der Waals surface area contributed by atoms with Gasteiger partial charge in [0.05, 0.1) is 18.2 Å². The van der Waals surface area contributed by atoms with E-state index in [0.717, 1.165) is 31.5 Å². The molecule has 2 aromatic carbocycles. The van der Waals surface area contributed by atoms with Gasteiger partial charge in [0.15, 0.2) is 0 Å². The van der Waals surface area contributed by atoms with Gasteiger partial charge >= 0.3 is 12.1 Å². The molecule has 3 aromatic rings. The highest BCUT2D eigenvalue weighted by Crippen LogP contribution is 2.37. The molecular weight excluding hydrogens is 382 g/mol. The van der Waals surface area contributed by atoms with Crippen molar-refractivity contribution in [2.24, 2.45) is 0 Å². The molecule has 0 amide bonds. The number of fused-ring (bicyclic) bond motifs is 1. The van der Waals surface area contributed by atoms with Crippen LogP contribution < -0.4 is 10.2 Å². The van der Waals surface area contributed by atoms with Crippen molar-refractivity contribution in [2.45, 2.75) is 12.6 Å². The van der Waals surface area contributed by atoms with E-state index in [0.29, 0.717) is 0 Å². The first-order valence-electron chi connectivity index (χ1n) is 7.93. The number of rotatable bonds is 4.